The monoisotopic (exact) mass is 391 g/mol. The van der Waals surface area contributed by atoms with E-state index in [9.17, 15) is 9.59 Å². The normalized spacial score (nSPS) is 11.2. The number of anilines is 1. The molecule has 0 aliphatic rings. The minimum Gasteiger partial charge on any atom is -0.422 e. The molecule has 2 aromatic heterocycles. The van der Waals surface area contributed by atoms with Crippen LogP contribution in [0.15, 0.2) is 57.7 Å². The first-order chi connectivity index (χ1) is 13.5. The van der Waals surface area contributed by atoms with Gasteiger partial charge in [0, 0.05) is 17.6 Å². The SMILES string of the molecule is CCc1ccccc1N(CC)C(=O)c1cc2c(=O)oc3ccc(C)cc3c2s1. The highest BCUT2D eigenvalue weighted by molar-refractivity contribution is 7.21. The number of benzene rings is 2. The lowest BCUT2D eigenvalue weighted by molar-refractivity contribution is 0.0992. The van der Waals surface area contributed by atoms with Crippen molar-refractivity contribution in [1.82, 2.24) is 0 Å². The number of carbonyl (C=O) groups excluding carboxylic acids is 1. The third-order valence-electron chi connectivity index (χ3n) is 4.97. The van der Waals surface area contributed by atoms with E-state index in [1.165, 1.54) is 11.3 Å². The molecular weight excluding hydrogens is 370 g/mol. The van der Waals surface area contributed by atoms with Crippen LogP contribution in [0.4, 0.5) is 5.69 Å². The van der Waals surface area contributed by atoms with E-state index in [-0.39, 0.29) is 5.91 Å². The highest BCUT2D eigenvalue weighted by atomic mass is 32.1. The molecule has 4 rings (SSSR count). The Morgan fingerprint density at radius 2 is 1.86 bits per heavy atom. The topological polar surface area (TPSA) is 50.5 Å². The van der Waals surface area contributed by atoms with Crippen molar-refractivity contribution in [3.63, 3.8) is 0 Å². The first-order valence-electron chi connectivity index (χ1n) is 9.40. The highest BCUT2D eigenvalue weighted by Gasteiger charge is 2.22. The number of nitrogens with zero attached hydrogens (tertiary/aromatic N) is 1. The summed E-state index contributed by atoms with van der Waals surface area (Å²) in [6.07, 6.45) is 0.847. The quantitative estimate of drug-likeness (QED) is 0.429. The molecular formula is C23H21NO3S. The van der Waals surface area contributed by atoms with Crippen LogP contribution >= 0.6 is 11.3 Å². The summed E-state index contributed by atoms with van der Waals surface area (Å²) >= 11 is 1.36. The van der Waals surface area contributed by atoms with E-state index in [1.807, 2.05) is 56.3 Å². The largest absolute Gasteiger partial charge is 0.422 e. The Kier molecular flexibility index (Phi) is 4.77. The van der Waals surface area contributed by atoms with Gasteiger partial charge in [0.1, 0.15) is 5.58 Å². The molecule has 0 saturated carbocycles. The molecule has 0 fully saturated rings. The Bertz CT molecular complexity index is 1250. The summed E-state index contributed by atoms with van der Waals surface area (Å²) in [7, 11) is 0. The van der Waals surface area contributed by atoms with Crippen LogP contribution in [-0.2, 0) is 6.42 Å². The summed E-state index contributed by atoms with van der Waals surface area (Å²) in [5.41, 5.74) is 3.27. The van der Waals surface area contributed by atoms with E-state index >= 15 is 0 Å². The van der Waals surface area contributed by atoms with E-state index in [0.717, 1.165) is 33.3 Å². The molecule has 1 amide bonds. The molecule has 0 N–H and O–H groups in total. The number of fused-ring (bicyclic) bond motifs is 3. The van der Waals surface area contributed by atoms with Crippen molar-refractivity contribution >= 4 is 44.0 Å². The van der Waals surface area contributed by atoms with Crippen LogP contribution in [0.1, 0.15) is 34.6 Å². The third kappa shape index (κ3) is 3.02. The van der Waals surface area contributed by atoms with Gasteiger partial charge in [-0.15, -0.1) is 11.3 Å². The van der Waals surface area contributed by atoms with Gasteiger partial charge in [-0.2, -0.15) is 0 Å². The van der Waals surface area contributed by atoms with Crippen LogP contribution in [0.25, 0.3) is 21.1 Å². The molecule has 0 aliphatic heterocycles. The molecule has 28 heavy (non-hydrogen) atoms. The van der Waals surface area contributed by atoms with Gasteiger partial charge in [0.25, 0.3) is 5.91 Å². The lowest BCUT2D eigenvalue weighted by Gasteiger charge is -2.23. The third-order valence-corrected chi connectivity index (χ3v) is 6.13. The van der Waals surface area contributed by atoms with Crippen LogP contribution in [0.2, 0.25) is 0 Å². The number of hydrogen-bond donors (Lipinski definition) is 0. The molecule has 0 spiro atoms. The Balaban J connectivity index is 1.87. The van der Waals surface area contributed by atoms with E-state index in [2.05, 4.69) is 6.92 Å². The predicted molar refractivity (Wildman–Crippen MR) is 116 cm³/mol. The molecule has 142 valence electrons. The predicted octanol–water partition coefficient (Wildman–Crippen LogP) is 5.55. The van der Waals surface area contributed by atoms with Crippen molar-refractivity contribution in [2.45, 2.75) is 27.2 Å². The zero-order valence-electron chi connectivity index (χ0n) is 16.1. The van der Waals surface area contributed by atoms with E-state index in [1.54, 1.807) is 11.0 Å². The van der Waals surface area contributed by atoms with Gasteiger partial charge in [-0.3, -0.25) is 4.79 Å². The maximum absolute atomic E-state index is 13.3. The molecule has 4 aromatic rings. The van der Waals surface area contributed by atoms with Crippen molar-refractivity contribution < 1.29 is 9.21 Å². The lowest BCUT2D eigenvalue weighted by Crippen LogP contribution is -2.30. The van der Waals surface area contributed by atoms with Crippen LogP contribution in [-0.4, -0.2) is 12.5 Å². The summed E-state index contributed by atoms with van der Waals surface area (Å²) in [6.45, 7) is 6.59. The molecule has 0 bridgehead atoms. The van der Waals surface area contributed by atoms with Crippen LogP contribution < -0.4 is 10.5 Å². The van der Waals surface area contributed by atoms with Crippen molar-refractivity contribution in [3.8, 4) is 0 Å². The fourth-order valence-corrected chi connectivity index (χ4v) is 4.66. The molecule has 2 aromatic carbocycles. The second-order valence-corrected chi connectivity index (χ2v) is 7.83. The van der Waals surface area contributed by atoms with Gasteiger partial charge >= 0.3 is 5.63 Å². The number of thiophene rings is 1. The van der Waals surface area contributed by atoms with Gasteiger partial charge in [0.2, 0.25) is 0 Å². The Labute approximate surface area is 167 Å². The number of hydrogen-bond acceptors (Lipinski definition) is 4. The molecule has 0 radical (unpaired) electrons. The molecule has 0 saturated heterocycles. The van der Waals surface area contributed by atoms with E-state index < -0.39 is 5.63 Å². The molecule has 4 nitrogen and oxygen atoms in total. The first-order valence-corrected chi connectivity index (χ1v) is 10.2. The average Bonchev–Trinajstić information content (AvgIpc) is 3.16. The highest BCUT2D eigenvalue weighted by Crippen LogP contribution is 2.33. The molecule has 0 atom stereocenters. The molecule has 0 unspecified atom stereocenters. The maximum atomic E-state index is 13.3. The second kappa shape index (κ2) is 7.24. The number of amides is 1. The zero-order valence-corrected chi connectivity index (χ0v) is 16.9. The smallest absolute Gasteiger partial charge is 0.345 e. The lowest BCUT2D eigenvalue weighted by atomic mass is 10.1. The van der Waals surface area contributed by atoms with Gasteiger partial charge in [-0.25, -0.2) is 4.79 Å². The zero-order chi connectivity index (χ0) is 19.8. The number of carbonyl (C=O) groups is 1. The number of rotatable bonds is 4. The number of aryl methyl sites for hydroxylation is 2. The molecule has 2 heterocycles. The van der Waals surface area contributed by atoms with Gasteiger partial charge in [-0.1, -0.05) is 36.8 Å². The number of para-hydroxylation sites is 1. The fraction of sp³-hybridized carbons (Fsp3) is 0.217. The summed E-state index contributed by atoms with van der Waals surface area (Å²) in [4.78, 5) is 28.1. The van der Waals surface area contributed by atoms with Crippen molar-refractivity contribution in [1.29, 1.82) is 0 Å². The molecule has 0 aliphatic carbocycles. The summed E-state index contributed by atoms with van der Waals surface area (Å²) in [5.74, 6) is -0.0928. The standard InChI is InChI=1S/C23H21NO3S/c1-4-15-8-6-7-9-18(15)24(5-2)22(25)20-13-17-21(28-20)16-12-14(3)10-11-19(16)27-23(17)26/h6-13H,4-5H2,1-3H3. The van der Waals surface area contributed by atoms with Gasteiger partial charge < -0.3 is 9.32 Å². The van der Waals surface area contributed by atoms with Crippen molar-refractivity contribution in [3.05, 3.63) is 75.0 Å². The van der Waals surface area contributed by atoms with Gasteiger partial charge in [0.15, 0.2) is 0 Å². The van der Waals surface area contributed by atoms with Crippen LogP contribution in [0, 0.1) is 6.92 Å². The van der Waals surface area contributed by atoms with Gasteiger partial charge in [0.05, 0.1) is 15.0 Å². The van der Waals surface area contributed by atoms with E-state index in [4.69, 9.17) is 4.42 Å². The summed E-state index contributed by atoms with van der Waals surface area (Å²) in [5, 5.41) is 1.34. The van der Waals surface area contributed by atoms with Crippen molar-refractivity contribution in [2.75, 3.05) is 11.4 Å². The first kappa shape index (κ1) is 18.4. The average molecular weight is 391 g/mol. The minimum atomic E-state index is -0.404. The maximum Gasteiger partial charge on any atom is 0.345 e. The Morgan fingerprint density at radius 3 is 2.61 bits per heavy atom. The summed E-state index contributed by atoms with van der Waals surface area (Å²) < 4.78 is 6.26. The minimum absolute atomic E-state index is 0.0928. The van der Waals surface area contributed by atoms with Crippen molar-refractivity contribution in [2.24, 2.45) is 0 Å². The summed E-state index contributed by atoms with van der Waals surface area (Å²) in [6, 6.07) is 15.3. The Morgan fingerprint density at radius 1 is 1.07 bits per heavy atom. The second-order valence-electron chi connectivity index (χ2n) is 6.77. The fourth-order valence-electron chi connectivity index (χ4n) is 3.54. The Hall–Kier alpha value is -2.92. The van der Waals surface area contributed by atoms with Crippen LogP contribution in [0.5, 0.6) is 0 Å². The van der Waals surface area contributed by atoms with E-state index in [0.29, 0.717) is 22.4 Å². The van der Waals surface area contributed by atoms with Crippen LogP contribution in [0.3, 0.4) is 0 Å². The van der Waals surface area contributed by atoms with Gasteiger partial charge in [-0.05, 0) is 50.1 Å². The molecule has 5 heteroatoms.